The van der Waals surface area contributed by atoms with E-state index in [0.717, 1.165) is 28.5 Å². The van der Waals surface area contributed by atoms with Gasteiger partial charge in [-0.2, -0.15) is 13.2 Å². The molecule has 2 fully saturated rings. The minimum atomic E-state index is -5.96. The molecule has 0 amide bonds. The van der Waals surface area contributed by atoms with Crippen LogP contribution in [-0.2, 0) is 33.5 Å². The van der Waals surface area contributed by atoms with E-state index >= 15 is 4.39 Å². The Kier molecular flexibility index (Phi) is 18.0. The van der Waals surface area contributed by atoms with E-state index in [1.165, 1.54) is 36.0 Å². The maximum Gasteiger partial charge on any atom is 0.501 e. The highest BCUT2D eigenvalue weighted by Gasteiger charge is 2.49. The number of halogens is 5. The third-order valence-corrected chi connectivity index (χ3v) is 19.7. The van der Waals surface area contributed by atoms with E-state index in [0.29, 0.717) is 110 Å². The summed E-state index contributed by atoms with van der Waals surface area (Å²) in [4.78, 5) is 6.35. The zero-order chi connectivity index (χ0) is 54.6. The molecule has 2 N–H and O–H groups in total. The number of nitrogens with zero attached hydrogens (tertiary/aromatic N) is 4. The minimum Gasteiger partial charge on any atom is -0.380 e. The molecule has 22 heteroatoms. The van der Waals surface area contributed by atoms with Gasteiger partial charge in [-0.05, 0) is 130 Å². The molecule has 1 aromatic heterocycles. The maximum atomic E-state index is 15.8. The average Bonchev–Trinajstić information content (AvgIpc) is 3.77. The molecule has 3 heterocycles. The molecule has 2 aliphatic heterocycles. The van der Waals surface area contributed by atoms with Gasteiger partial charge >= 0.3 is 13.0 Å². The second-order valence-corrected chi connectivity index (χ2v) is 26.5. The van der Waals surface area contributed by atoms with Crippen LogP contribution in [0.15, 0.2) is 130 Å². The maximum absolute atomic E-state index is 15.8. The van der Waals surface area contributed by atoms with Gasteiger partial charge in [0, 0.05) is 108 Å². The third kappa shape index (κ3) is 13.1. The summed E-state index contributed by atoms with van der Waals surface area (Å²) in [5.41, 5.74) is -1.51. The predicted octanol–water partition coefficient (Wildman–Crippen LogP) is 11.8. The Morgan fingerprint density at radius 3 is 2.07 bits per heavy atom. The van der Waals surface area contributed by atoms with Crippen molar-refractivity contribution in [3.8, 4) is 22.4 Å². The number of aromatic nitrogens is 1. The topological polar surface area (TPSA) is 143 Å². The normalized spacial score (nSPS) is 16.2. The van der Waals surface area contributed by atoms with Crippen molar-refractivity contribution in [3.63, 3.8) is 0 Å². The highest BCUT2D eigenvalue weighted by Crippen LogP contribution is 2.48. The van der Waals surface area contributed by atoms with Crippen molar-refractivity contribution in [3.05, 3.63) is 132 Å². The van der Waals surface area contributed by atoms with Gasteiger partial charge in [-0.15, -0.1) is 11.8 Å². The lowest BCUT2D eigenvalue weighted by atomic mass is 9.99. The molecular weight excluding hydrogens is 1080 g/mol. The summed E-state index contributed by atoms with van der Waals surface area (Å²) in [5.74, 6) is -0.112. The Bertz CT molecular complexity index is 3270. The largest absolute Gasteiger partial charge is 0.501 e. The summed E-state index contributed by atoms with van der Waals surface area (Å²) in [7, 11) is -14.0. The van der Waals surface area contributed by atoms with E-state index in [4.69, 9.17) is 20.9 Å². The van der Waals surface area contributed by atoms with Crippen LogP contribution in [0.25, 0.3) is 22.4 Å². The molecule has 0 saturated carbocycles. The number of sulfone groups is 2. The Balaban J connectivity index is 1.01. The van der Waals surface area contributed by atoms with Crippen LogP contribution < -0.4 is 25.5 Å². The molecule has 2 unspecified atom stereocenters. The molecule has 2 saturated heterocycles. The molecule has 0 aliphatic carbocycles. The van der Waals surface area contributed by atoms with E-state index in [2.05, 4.69) is 20.2 Å². The van der Waals surface area contributed by atoms with Gasteiger partial charge in [-0.1, -0.05) is 41.9 Å². The Morgan fingerprint density at radius 1 is 0.816 bits per heavy atom. The van der Waals surface area contributed by atoms with Crippen molar-refractivity contribution in [2.45, 2.75) is 66.4 Å². The SMILES string of the molecule is CCOP(=O)(Nc1ccc(N2CCN(c3cc(F)cc(-c4c(S(C)(=O)=O)c(C)n(C(C)C)c4-c4ccc(Cl)cc4)c3)CC2)cc1)c1ccc(NC(CCN2CCOCC2)CSc2ccccc2)c(S(=O)(=O)C(F)(F)F)c1. The minimum absolute atomic E-state index is 0.117. The smallest absolute Gasteiger partial charge is 0.380 e. The summed E-state index contributed by atoms with van der Waals surface area (Å²) >= 11 is 7.75. The first-order valence-corrected chi connectivity index (χ1v) is 31.3. The zero-order valence-electron chi connectivity index (χ0n) is 42.8. The van der Waals surface area contributed by atoms with Gasteiger partial charge < -0.3 is 34.0 Å². The molecule has 5 aromatic carbocycles. The van der Waals surface area contributed by atoms with Gasteiger partial charge in [0.25, 0.3) is 9.84 Å². The second kappa shape index (κ2) is 23.9. The first-order chi connectivity index (χ1) is 36.1. The van der Waals surface area contributed by atoms with Gasteiger partial charge in [0.2, 0.25) is 0 Å². The molecule has 8 rings (SSSR count). The number of anilines is 4. The van der Waals surface area contributed by atoms with Crippen molar-refractivity contribution < 1.29 is 48.2 Å². The number of thioether (sulfide) groups is 1. The lowest BCUT2D eigenvalue weighted by molar-refractivity contribution is -0.0435. The van der Waals surface area contributed by atoms with Gasteiger partial charge in [-0.25, -0.2) is 21.2 Å². The third-order valence-electron chi connectivity index (χ3n) is 13.4. The summed E-state index contributed by atoms with van der Waals surface area (Å²) < 4.78 is 141. The van der Waals surface area contributed by atoms with E-state index in [9.17, 15) is 34.6 Å². The Hall–Kier alpha value is -5.05. The molecular formula is C54H62ClF4N6O7PS3. The number of hydrogen-bond acceptors (Lipinski definition) is 12. The van der Waals surface area contributed by atoms with Crippen LogP contribution in [0.4, 0.5) is 40.3 Å². The Labute approximate surface area is 452 Å². The molecule has 13 nitrogen and oxygen atoms in total. The molecule has 2 atom stereocenters. The van der Waals surface area contributed by atoms with Crippen molar-refractivity contribution in [2.75, 3.05) is 97.8 Å². The average molecular weight is 1150 g/mol. The van der Waals surface area contributed by atoms with Crippen LogP contribution in [0.2, 0.25) is 5.02 Å². The van der Waals surface area contributed by atoms with Crippen LogP contribution in [-0.4, -0.2) is 115 Å². The number of nitrogens with one attached hydrogen (secondary N) is 2. The predicted molar refractivity (Wildman–Crippen MR) is 298 cm³/mol. The van der Waals surface area contributed by atoms with Gasteiger partial charge in [0.15, 0.2) is 9.84 Å². The number of morpholine rings is 1. The zero-order valence-corrected chi connectivity index (χ0v) is 46.9. The van der Waals surface area contributed by atoms with Gasteiger partial charge in [0.1, 0.15) is 10.7 Å². The van der Waals surface area contributed by atoms with Gasteiger partial charge in [0.05, 0.1) is 41.4 Å². The summed E-state index contributed by atoms with van der Waals surface area (Å²) in [5, 5.41) is 6.25. The highest BCUT2D eigenvalue weighted by molar-refractivity contribution is 7.99. The fourth-order valence-electron chi connectivity index (χ4n) is 9.79. The molecule has 408 valence electrons. The molecule has 0 spiro atoms. The van der Waals surface area contributed by atoms with Crippen molar-refractivity contribution in [1.29, 1.82) is 0 Å². The lowest BCUT2D eigenvalue weighted by Crippen LogP contribution is -2.46. The van der Waals surface area contributed by atoms with Crippen molar-refractivity contribution in [2.24, 2.45) is 0 Å². The molecule has 0 bridgehead atoms. The number of rotatable bonds is 20. The van der Waals surface area contributed by atoms with E-state index in [1.54, 1.807) is 50.2 Å². The standard InChI is InChI=1S/C54H62ClF4N6O7PS3/c1-6-72-73(66,47-20-21-49(50(35-47)76(69,70)54(57,58)59)60-44(22-23-62-28-30-71-31-29-62)36-74-48-10-8-7-9-11-48)61-43-16-18-45(19-17-43)63-24-26-64(27-25-63)46-33-40(32-42(56)34-46)51-52(39-12-14-41(55)15-13-39)65(37(2)3)38(4)53(51)75(5,67)68/h7-21,32-35,37,44,60H,6,22-31,36H2,1-5H3,(H,61,66). The van der Waals surface area contributed by atoms with E-state index < -0.39 is 49.5 Å². The number of hydrogen-bond donors (Lipinski definition) is 2. The summed E-state index contributed by atoms with van der Waals surface area (Å²) in [6.07, 6.45) is 1.65. The van der Waals surface area contributed by atoms with Crippen molar-refractivity contribution >= 4 is 78.6 Å². The van der Waals surface area contributed by atoms with E-state index in [-0.39, 0.29) is 28.5 Å². The van der Waals surface area contributed by atoms with Gasteiger partial charge in [-0.3, -0.25) is 9.46 Å². The lowest BCUT2D eigenvalue weighted by Gasteiger charge is -2.37. The second-order valence-electron chi connectivity index (χ2n) is 19.0. The highest BCUT2D eigenvalue weighted by atomic mass is 35.5. The van der Waals surface area contributed by atoms with Crippen LogP contribution >= 0.6 is 30.9 Å². The van der Waals surface area contributed by atoms with Crippen LogP contribution in [0.1, 0.15) is 38.9 Å². The fourth-order valence-corrected chi connectivity index (χ4v) is 14.9. The van der Waals surface area contributed by atoms with Crippen LogP contribution in [0, 0.1) is 12.7 Å². The fraction of sp³-hybridized carbons (Fsp3) is 0.370. The first kappa shape index (κ1) is 57.1. The summed E-state index contributed by atoms with van der Waals surface area (Å²) in [6, 6.07) is 30.9. The van der Waals surface area contributed by atoms with Crippen LogP contribution in [0.5, 0.6) is 0 Å². The van der Waals surface area contributed by atoms with E-state index in [1.807, 2.05) is 71.8 Å². The quantitative estimate of drug-likeness (QED) is 0.0426. The molecule has 76 heavy (non-hydrogen) atoms. The number of benzene rings is 5. The van der Waals surface area contributed by atoms with Crippen LogP contribution in [0.3, 0.4) is 0 Å². The number of alkyl halides is 3. The number of ether oxygens (including phenoxy) is 1. The Morgan fingerprint density at radius 2 is 1.46 bits per heavy atom. The van der Waals surface area contributed by atoms with Crippen molar-refractivity contribution in [1.82, 2.24) is 9.47 Å². The summed E-state index contributed by atoms with van der Waals surface area (Å²) in [6.45, 7) is 12.3. The molecule has 2 aliphatic rings. The number of piperazine rings is 1. The first-order valence-electron chi connectivity index (χ1n) is 24.9. The monoisotopic (exact) mass is 1140 g/mol. The molecule has 0 radical (unpaired) electrons. The molecule has 6 aromatic rings.